The molecule has 0 atom stereocenters. The number of hydrogen-bond acceptors (Lipinski definition) is 4. The lowest BCUT2D eigenvalue weighted by atomic mass is 10.0. The van der Waals surface area contributed by atoms with E-state index in [0.717, 1.165) is 28.3 Å². The minimum Gasteiger partial charge on any atom is -0.453 e. The van der Waals surface area contributed by atoms with Gasteiger partial charge in [0, 0.05) is 17.7 Å². The van der Waals surface area contributed by atoms with Gasteiger partial charge in [-0.1, -0.05) is 36.4 Å². The summed E-state index contributed by atoms with van der Waals surface area (Å²) in [6.07, 6.45) is 0. The van der Waals surface area contributed by atoms with Crippen LogP contribution in [0.4, 0.5) is 17.1 Å². The number of nitrogens with one attached hydrogen (secondary N) is 1. The second-order valence-electron chi connectivity index (χ2n) is 5.21. The molecule has 0 unspecified atom stereocenters. The van der Waals surface area contributed by atoms with Crippen molar-refractivity contribution in [2.24, 2.45) is 0 Å². The normalized spacial score (nSPS) is 11.7. The first-order valence-electron chi connectivity index (χ1n) is 7.14. The molecule has 5 heteroatoms. The van der Waals surface area contributed by atoms with Crippen LogP contribution in [0.15, 0.2) is 66.7 Å². The van der Waals surface area contributed by atoms with Crippen LogP contribution < -0.4 is 10.1 Å². The predicted molar refractivity (Wildman–Crippen MR) is 88.3 cm³/mol. The Hall–Kier alpha value is -3.34. The summed E-state index contributed by atoms with van der Waals surface area (Å²) in [5.41, 5.74) is 3.38. The average Bonchev–Trinajstić information content (AvgIpc) is 2.59. The van der Waals surface area contributed by atoms with Gasteiger partial charge in [-0.15, -0.1) is 0 Å². The first-order chi connectivity index (χ1) is 11.2. The van der Waals surface area contributed by atoms with Crippen LogP contribution in [-0.2, 0) is 0 Å². The second kappa shape index (κ2) is 5.14. The molecule has 0 spiro atoms. The Bertz CT molecular complexity index is 922. The predicted octanol–water partition coefficient (Wildman–Crippen LogP) is 5.11. The Morgan fingerprint density at radius 2 is 1.70 bits per heavy atom. The molecule has 3 aromatic rings. The van der Waals surface area contributed by atoms with Crippen molar-refractivity contribution < 1.29 is 9.66 Å². The van der Waals surface area contributed by atoms with Gasteiger partial charge in [-0.25, -0.2) is 0 Å². The summed E-state index contributed by atoms with van der Waals surface area (Å²) < 4.78 is 5.92. The Morgan fingerprint density at radius 3 is 2.57 bits per heavy atom. The van der Waals surface area contributed by atoms with Gasteiger partial charge in [-0.05, 0) is 23.8 Å². The molecule has 0 radical (unpaired) electrons. The van der Waals surface area contributed by atoms with Gasteiger partial charge in [-0.2, -0.15) is 0 Å². The molecule has 1 heterocycles. The number of nitro groups is 1. The number of anilines is 2. The standard InChI is InChI=1S/C18H12N2O3/c21-20(22)13-6-3-5-12(11-13)14-7-4-10-17-18(14)19-15-8-1-2-9-16(15)23-17/h1-11,19H. The maximum atomic E-state index is 11.0. The average molecular weight is 304 g/mol. The third-order valence-electron chi connectivity index (χ3n) is 3.76. The molecule has 112 valence electrons. The van der Waals surface area contributed by atoms with Crippen LogP contribution >= 0.6 is 0 Å². The van der Waals surface area contributed by atoms with Crippen molar-refractivity contribution in [3.05, 3.63) is 76.8 Å². The minimum atomic E-state index is -0.391. The first kappa shape index (κ1) is 13.3. The smallest absolute Gasteiger partial charge is 0.270 e. The summed E-state index contributed by atoms with van der Waals surface area (Å²) in [7, 11) is 0. The lowest BCUT2D eigenvalue weighted by Crippen LogP contribution is -2.04. The molecule has 1 aliphatic rings. The van der Waals surface area contributed by atoms with Crippen molar-refractivity contribution in [2.45, 2.75) is 0 Å². The van der Waals surface area contributed by atoms with E-state index in [1.54, 1.807) is 12.1 Å². The van der Waals surface area contributed by atoms with Crippen molar-refractivity contribution in [3.63, 3.8) is 0 Å². The lowest BCUT2D eigenvalue weighted by Gasteiger charge is -2.24. The Balaban J connectivity index is 1.84. The van der Waals surface area contributed by atoms with Gasteiger partial charge >= 0.3 is 0 Å². The van der Waals surface area contributed by atoms with Gasteiger partial charge in [0.25, 0.3) is 5.69 Å². The fourth-order valence-corrected chi connectivity index (χ4v) is 2.68. The molecular weight excluding hydrogens is 292 g/mol. The Morgan fingerprint density at radius 1 is 0.913 bits per heavy atom. The van der Waals surface area contributed by atoms with Gasteiger partial charge in [0.2, 0.25) is 0 Å². The molecule has 3 aromatic carbocycles. The molecular formula is C18H12N2O3. The van der Waals surface area contributed by atoms with Crippen molar-refractivity contribution in [3.8, 4) is 22.6 Å². The van der Waals surface area contributed by atoms with E-state index in [0.29, 0.717) is 5.75 Å². The number of non-ortho nitro benzene ring substituents is 1. The maximum Gasteiger partial charge on any atom is 0.270 e. The Kier molecular flexibility index (Phi) is 2.98. The van der Waals surface area contributed by atoms with Gasteiger partial charge in [0.15, 0.2) is 11.5 Å². The van der Waals surface area contributed by atoms with E-state index in [1.807, 2.05) is 48.5 Å². The van der Waals surface area contributed by atoms with E-state index in [9.17, 15) is 10.1 Å². The third kappa shape index (κ3) is 2.28. The largest absolute Gasteiger partial charge is 0.453 e. The van der Waals surface area contributed by atoms with E-state index in [-0.39, 0.29) is 5.69 Å². The molecule has 5 nitrogen and oxygen atoms in total. The number of nitro benzene ring substituents is 1. The van der Waals surface area contributed by atoms with Crippen molar-refractivity contribution in [2.75, 3.05) is 5.32 Å². The van der Waals surface area contributed by atoms with E-state index in [2.05, 4.69) is 5.32 Å². The number of rotatable bonds is 2. The van der Waals surface area contributed by atoms with Crippen molar-refractivity contribution in [1.82, 2.24) is 0 Å². The number of ether oxygens (including phenoxy) is 1. The zero-order chi connectivity index (χ0) is 15.8. The van der Waals surface area contributed by atoms with Crippen LogP contribution in [0.3, 0.4) is 0 Å². The summed E-state index contributed by atoms with van der Waals surface area (Å²) >= 11 is 0. The minimum absolute atomic E-state index is 0.0669. The molecule has 0 bridgehead atoms. The SMILES string of the molecule is O=[N+]([O-])c1cccc(-c2cccc3c2Nc2ccccc2O3)c1. The van der Waals surface area contributed by atoms with Gasteiger partial charge in [0.05, 0.1) is 16.3 Å². The van der Waals surface area contributed by atoms with Crippen LogP contribution in [0.2, 0.25) is 0 Å². The van der Waals surface area contributed by atoms with Gasteiger partial charge < -0.3 is 10.1 Å². The highest BCUT2D eigenvalue weighted by atomic mass is 16.6. The van der Waals surface area contributed by atoms with Gasteiger partial charge in [0.1, 0.15) is 0 Å². The molecule has 0 saturated heterocycles. The summed E-state index contributed by atoms with van der Waals surface area (Å²) in [5, 5.41) is 14.4. The maximum absolute atomic E-state index is 11.0. The monoisotopic (exact) mass is 304 g/mol. The van der Waals surface area contributed by atoms with Crippen LogP contribution in [-0.4, -0.2) is 4.92 Å². The molecule has 1 aliphatic heterocycles. The first-order valence-corrected chi connectivity index (χ1v) is 7.14. The highest BCUT2D eigenvalue weighted by Gasteiger charge is 2.20. The van der Waals surface area contributed by atoms with Crippen molar-refractivity contribution in [1.29, 1.82) is 0 Å². The van der Waals surface area contributed by atoms with Crippen LogP contribution in [0.5, 0.6) is 11.5 Å². The number of para-hydroxylation sites is 3. The van der Waals surface area contributed by atoms with Crippen LogP contribution in [0.1, 0.15) is 0 Å². The molecule has 0 amide bonds. The van der Waals surface area contributed by atoms with E-state index >= 15 is 0 Å². The molecule has 23 heavy (non-hydrogen) atoms. The number of benzene rings is 3. The molecule has 0 aliphatic carbocycles. The van der Waals surface area contributed by atoms with Crippen LogP contribution in [0.25, 0.3) is 11.1 Å². The van der Waals surface area contributed by atoms with Crippen LogP contribution in [0, 0.1) is 10.1 Å². The fourth-order valence-electron chi connectivity index (χ4n) is 2.68. The number of hydrogen-bond donors (Lipinski definition) is 1. The van der Waals surface area contributed by atoms with E-state index < -0.39 is 4.92 Å². The fraction of sp³-hybridized carbons (Fsp3) is 0. The summed E-state index contributed by atoms with van der Waals surface area (Å²) in [4.78, 5) is 10.6. The number of nitrogens with zero attached hydrogens (tertiary/aromatic N) is 1. The lowest BCUT2D eigenvalue weighted by molar-refractivity contribution is -0.384. The summed E-state index contributed by atoms with van der Waals surface area (Å²) in [5.74, 6) is 1.46. The molecule has 0 saturated carbocycles. The third-order valence-corrected chi connectivity index (χ3v) is 3.76. The van der Waals surface area contributed by atoms with Gasteiger partial charge in [-0.3, -0.25) is 10.1 Å². The van der Waals surface area contributed by atoms with E-state index in [1.165, 1.54) is 6.07 Å². The highest BCUT2D eigenvalue weighted by molar-refractivity contribution is 5.89. The quantitative estimate of drug-likeness (QED) is 0.413. The zero-order valence-corrected chi connectivity index (χ0v) is 12.0. The topological polar surface area (TPSA) is 64.4 Å². The molecule has 0 aromatic heterocycles. The van der Waals surface area contributed by atoms with Crippen molar-refractivity contribution >= 4 is 17.1 Å². The summed E-state index contributed by atoms with van der Waals surface area (Å²) in [6, 6.07) is 19.9. The van der Waals surface area contributed by atoms with E-state index in [4.69, 9.17) is 4.74 Å². The zero-order valence-electron chi connectivity index (χ0n) is 12.0. The summed E-state index contributed by atoms with van der Waals surface area (Å²) in [6.45, 7) is 0. The molecule has 1 N–H and O–H groups in total. The molecule has 0 fully saturated rings. The number of fused-ring (bicyclic) bond motifs is 2. The molecule has 4 rings (SSSR count). The highest BCUT2D eigenvalue weighted by Crippen LogP contribution is 2.46. The second-order valence-corrected chi connectivity index (χ2v) is 5.21. The Labute approximate surface area is 132 Å².